The molecule has 106 valence electrons. The summed E-state index contributed by atoms with van der Waals surface area (Å²) in [5.41, 5.74) is 2.17. The molecule has 0 aliphatic rings. The number of rotatable bonds is 5. The van der Waals surface area contributed by atoms with E-state index in [1.807, 2.05) is 36.4 Å². The highest BCUT2D eigenvalue weighted by Crippen LogP contribution is 2.26. The molecule has 0 saturated heterocycles. The highest BCUT2D eigenvalue weighted by atomic mass is 35.5. The minimum atomic E-state index is -0.206. The normalized spacial score (nSPS) is 14.0. The van der Waals surface area contributed by atoms with Gasteiger partial charge in [-0.15, -0.1) is 0 Å². The summed E-state index contributed by atoms with van der Waals surface area (Å²) in [6.07, 6.45) is 0.931. The van der Waals surface area contributed by atoms with Gasteiger partial charge >= 0.3 is 0 Å². The lowest BCUT2D eigenvalue weighted by atomic mass is 10.0. The van der Waals surface area contributed by atoms with Crippen molar-refractivity contribution in [3.63, 3.8) is 0 Å². The van der Waals surface area contributed by atoms with Crippen LogP contribution >= 0.6 is 11.6 Å². The van der Waals surface area contributed by atoms with Crippen LogP contribution in [0.15, 0.2) is 48.5 Å². The first-order valence-corrected chi connectivity index (χ1v) is 7.25. The molecule has 1 nitrogen and oxygen atoms in total. The molecule has 0 radical (unpaired) electrons. The van der Waals surface area contributed by atoms with Crippen molar-refractivity contribution in [3.8, 4) is 0 Å². The van der Waals surface area contributed by atoms with Crippen LogP contribution < -0.4 is 5.32 Å². The molecular formula is C17H19ClFN. The third-order valence-corrected chi connectivity index (χ3v) is 3.85. The Bertz CT molecular complexity index is 553. The Balaban J connectivity index is 2.14. The van der Waals surface area contributed by atoms with Crippen LogP contribution in [0.5, 0.6) is 0 Å². The predicted molar refractivity (Wildman–Crippen MR) is 82.4 cm³/mol. The zero-order valence-electron chi connectivity index (χ0n) is 11.7. The Morgan fingerprint density at radius 3 is 2.35 bits per heavy atom. The Labute approximate surface area is 124 Å². The summed E-state index contributed by atoms with van der Waals surface area (Å²) < 4.78 is 13.0. The molecule has 1 unspecified atom stereocenters. The second-order valence-corrected chi connectivity index (χ2v) is 5.33. The van der Waals surface area contributed by atoms with Gasteiger partial charge in [0.1, 0.15) is 5.82 Å². The van der Waals surface area contributed by atoms with Crippen LogP contribution in [0.3, 0.4) is 0 Å². The van der Waals surface area contributed by atoms with Gasteiger partial charge in [-0.3, -0.25) is 0 Å². The summed E-state index contributed by atoms with van der Waals surface area (Å²) in [6, 6.07) is 14.8. The van der Waals surface area contributed by atoms with E-state index in [-0.39, 0.29) is 17.9 Å². The maximum absolute atomic E-state index is 13.0. The quantitative estimate of drug-likeness (QED) is 0.790. The van der Waals surface area contributed by atoms with Crippen molar-refractivity contribution in [2.45, 2.75) is 32.4 Å². The monoisotopic (exact) mass is 291 g/mol. The Morgan fingerprint density at radius 2 is 1.75 bits per heavy atom. The maximum atomic E-state index is 13.0. The molecule has 20 heavy (non-hydrogen) atoms. The van der Waals surface area contributed by atoms with Crippen molar-refractivity contribution in [2.75, 3.05) is 0 Å². The molecule has 0 aromatic heterocycles. The Morgan fingerprint density at radius 1 is 1.10 bits per heavy atom. The lowest BCUT2D eigenvalue weighted by molar-refractivity contribution is 0.456. The smallest absolute Gasteiger partial charge is 0.123 e. The number of benzene rings is 2. The number of hydrogen-bond donors (Lipinski definition) is 1. The first-order chi connectivity index (χ1) is 9.61. The largest absolute Gasteiger partial charge is 0.303 e. The number of nitrogens with one attached hydrogen (secondary N) is 1. The molecule has 2 aromatic rings. The van der Waals surface area contributed by atoms with Crippen LogP contribution in [-0.2, 0) is 0 Å². The van der Waals surface area contributed by atoms with Gasteiger partial charge < -0.3 is 5.32 Å². The second kappa shape index (κ2) is 6.87. The lowest BCUT2D eigenvalue weighted by Crippen LogP contribution is -2.24. The highest BCUT2D eigenvalue weighted by molar-refractivity contribution is 6.31. The maximum Gasteiger partial charge on any atom is 0.123 e. The van der Waals surface area contributed by atoms with Gasteiger partial charge in [0.05, 0.1) is 0 Å². The van der Waals surface area contributed by atoms with E-state index in [2.05, 4.69) is 19.2 Å². The third kappa shape index (κ3) is 3.59. The fourth-order valence-electron chi connectivity index (χ4n) is 2.36. The van der Waals surface area contributed by atoms with Crippen LogP contribution in [0, 0.1) is 5.82 Å². The summed E-state index contributed by atoms with van der Waals surface area (Å²) in [5.74, 6) is -0.206. The van der Waals surface area contributed by atoms with E-state index in [0.717, 1.165) is 22.6 Å². The molecule has 2 rings (SSSR count). The van der Waals surface area contributed by atoms with Gasteiger partial charge in [-0.25, -0.2) is 4.39 Å². The summed E-state index contributed by atoms with van der Waals surface area (Å²) in [5, 5.41) is 4.32. The zero-order chi connectivity index (χ0) is 14.5. The average molecular weight is 292 g/mol. The van der Waals surface area contributed by atoms with Gasteiger partial charge in [0.15, 0.2) is 0 Å². The van der Waals surface area contributed by atoms with E-state index in [1.54, 1.807) is 0 Å². The molecule has 2 atom stereocenters. The molecule has 0 amide bonds. The molecule has 0 spiro atoms. The van der Waals surface area contributed by atoms with Crippen LogP contribution in [0.2, 0.25) is 5.02 Å². The summed E-state index contributed by atoms with van der Waals surface area (Å²) in [6.45, 7) is 4.20. The van der Waals surface area contributed by atoms with Crippen molar-refractivity contribution >= 4 is 11.6 Å². The molecule has 1 N–H and O–H groups in total. The number of halogens is 2. The van der Waals surface area contributed by atoms with E-state index in [4.69, 9.17) is 11.6 Å². The standard InChI is InChI=1S/C17H19ClFN/c1-3-17(13-8-10-14(19)11-9-13)20-12(2)15-6-4-5-7-16(15)18/h4-12,17,20H,3H2,1-2H3/t12-,17?/m0/s1. The molecule has 0 aliphatic carbocycles. The Hall–Kier alpha value is -1.38. The first-order valence-electron chi connectivity index (χ1n) is 6.87. The van der Waals surface area contributed by atoms with Crippen molar-refractivity contribution in [1.82, 2.24) is 5.32 Å². The second-order valence-electron chi connectivity index (χ2n) is 4.92. The van der Waals surface area contributed by atoms with Gasteiger partial charge in [0.2, 0.25) is 0 Å². The fourth-order valence-corrected chi connectivity index (χ4v) is 2.66. The fraction of sp³-hybridized carbons (Fsp3) is 0.294. The summed E-state index contributed by atoms with van der Waals surface area (Å²) in [7, 11) is 0. The van der Waals surface area contributed by atoms with Crippen LogP contribution in [0.1, 0.15) is 43.5 Å². The van der Waals surface area contributed by atoms with Gasteiger partial charge in [0.25, 0.3) is 0 Å². The lowest BCUT2D eigenvalue weighted by Gasteiger charge is -2.23. The van der Waals surface area contributed by atoms with Gasteiger partial charge in [0, 0.05) is 17.1 Å². The van der Waals surface area contributed by atoms with Crippen LogP contribution in [0.25, 0.3) is 0 Å². The zero-order valence-corrected chi connectivity index (χ0v) is 12.5. The van der Waals surface area contributed by atoms with Gasteiger partial charge in [-0.2, -0.15) is 0 Å². The molecule has 0 heterocycles. The van der Waals surface area contributed by atoms with E-state index >= 15 is 0 Å². The SMILES string of the molecule is CCC(N[C@@H](C)c1ccccc1Cl)c1ccc(F)cc1. The molecule has 0 fully saturated rings. The predicted octanol–water partition coefficient (Wildman–Crippen LogP) is 5.28. The minimum absolute atomic E-state index is 0.138. The van der Waals surface area contributed by atoms with Crippen LogP contribution in [-0.4, -0.2) is 0 Å². The minimum Gasteiger partial charge on any atom is -0.303 e. The van der Waals surface area contributed by atoms with Crippen molar-refractivity contribution in [3.05, 3.63) is 70.5 Å². The third-order valence-electron chi connectivity index (χ3n) is 3.50. The van der Waals surface area contributed by atoms with E-state index in [1.165, 1.54) is 12.1 Å². The molecular weight excluding hydrogens is 273 g/mol. The molecule has 0 aliphatic heterocycles. The van der Waals surface area contributed by atoms with E-state index < -0.39 is 0 Å². The van der Waals surface area contributed by atoms with Gasteiger partial charge in [-0.05, 0) is 42.7 Å². The van der Waals surface area contributed by atoms with Crippen molar-refractivity contribution in [1.29, 1.82) is 0 Å². The summed E-state index contributed by atoms with van der Waals surface area (Å²) in [4.78, 5) is 0. The first kappa shape index (κ1) is 15.0. The number of hydrogen-bond acceptors (Lipinski definition) is 1. The van der Waals surface area contributed by atoms with Crippen molar-refractivity contribution in [2.24, 2.45) is 0 Å². The van der Waals surface area contributed by atoms with Crippen LogP contribution in [0.4, 0.5) is 4.39 Å². The average Bonchev–Trinajstić information content (AvgIpc) is 2.46. The van der Waals surface area contributed by atoms with E-state index in [0.29, 0.717) is 0 Å². The summed E-state index contributed by atoms with van der Waals surface area (Å²) >= 11 is 6.22. The highest BCUT2D eigenvalue weighted by Gasteiger charge is 2.15. The van der Waals surface area contributed by atoms with Gasteiger partial charge in [-0.1, -0.05) is 48.9 Å². The molecule has 0 bridgehead atoms. The topological polar surface area (TPSA) is 12.0 Å². The molecule has 2 aromatic carbocycles. The van der Waals surface area contributed by atoms with E-state index in [9.17, 15) is 4.39 Å². The molecule has 0 saturated carbocycles. The van der Waals surface area contributed by atoms with Crippen molar-refractivity contribution < 1.29 is 4.39 Å². The Kier molecular flexibility index (Phi) is 5.16. The molecule has 3 heteroatoms.